The molecule has 17 heavy (non-hydrogen) atoms. The summed E-state index contributed by atoms with van der Waals surface area (Å²) in [5.74, 6) is -0.610. The number of nitrogens with one attached hydrogen (secondary N) is 2. The summed E-state index contributed by atoms with van der Waals surface area (Å²) in [5.41, 5.74) is -0.0951. The van der Waals surface area contributed by atoms with Crippen LogP contribution in [0.2, 0.25) is 0 Å². The number of rotatable bonds is 2. The van der Waals surface area contributed by atoms with Gasteiger partial charge in [-0.2, -0.15) is 0 Å². The first-order valence-electron chi connectivity index (χ1n) is 4.69. The number of hydrogen-bond donors (Lipinski definition) is 3. The van der Waals surface area contributed by atoms with Gasteiger partial charge in [-0.1, -0.05) is 18.2 Å². The molecule has 0 saturated heterocycles. The van der Waals surface area contributed by atoms with Crippen molar-refractivity contribution in [2.75, 3.05) is 0 Å². The third-order valence-corrected chi connectivity index (χ3v) is 2.12. The van der Waals surface area contributed by atoms with Crippen molar-refractivity contribution in [1.82, 2.24) is 9.97 Å². The maximum Gasteiger partial charge on any atom is 0.296 e. The first kappa shape index (κ1) is 11.2. The molecule has 0 aliphatic heterocycles. The van der Waals surface area contributed by atoms with Gasteiger partial charge < -0.3 is 10.1 Å². The third-order valence-electron chi connectivity index (χ3n) is 1.92. The molecule has 3 N–H and O–H groups in total. The molecule has 1 heterocycles. The number of H-pyrrole nitrogens is 2. The number of nitrogens with zero attached hydrogens (tertiary/aromatic N) is 2. The van der Waals surface area contributed by atoms with E-state index >= 15 is 0 Å². The van der Waals surface area contributed by atoms with Crippen LogP contribution in [0.1, 0.15) is 0 Å². The van der Waals surface area contributed by atoms with Crippen molar-refractivity contribution in [2.45, 2.75) is 0 Å². The lowest BCUT2D eigenvalue weighted by atomic mass is 10.3. The quantitative estimate of drug-likeness (QED) is 0.563. The molecule has 7 heteroatoms. The fraction of sp³-hybridized carbons (Fsp3) is 0. The van der Waals surface area contributed by atoms with Crippen molar-refractivity contribution in [1.29, 1.82) is 0 Å². The van der Waals surface area contributed by atoms with Crippen molar-refractivity contribution < 1.29 is 5.11 Å². The Balaban J connectivity index is 2.40. The van der Waals surface area contributed by atoms with E-state index in [4.69, 9.17) is 12.2 Å². The molecular formula is C10H8N4O2S. The summed E-state index contributed by atoms with van der Waals surface area (Å²) in [4.78, 5) is 15.9. The maximum atomic E-state index is 11.2. The first-order chi connectivity index (χ1) is 8.16. The lowest BCUT2D eigenvalue weighted by Crippen LogP contribution is -2.06. The third kappa shape index (κ3) is 2.64. The summed E-state index contributed by atoms with van der Waals surface area (Å²) in [6.07, 6.45) is 0. The molecule has 1 aromatic heterocycles. The van der Waals surface area contributed by atoms with Gasteiger partial charge in [0.25, 0.3) is 5.56 Å². The average molecular weight is 248 g/mol. The van der Waals surface area contributed by atoms with E-state index in [2.05, 4.69) is 20.2 Å². The summed E-state index contributed by atoms with van der Waals surface area (Å²) in [7, 11) is 0. The Hall–Kier alpha value is -2.28. The number of aromatic hydroxyl groups is 1. The molecule has 0 saturated carbocycles. The standard InChI is InChI=1S/C10H8N4O2S/c15-7-8(11-10(17)12-9(7)16)14-13-6-4-2-1-3-5-6/h1-5,15H,(H2,11,12,16,17). The first-order valence-corrected chi connectivity index (χ1v) is 5.10. The van der Waals surface area contributed by atoms with Crippen LogP contribution in [0.15, 0.2) is 45.4 Å². The van der Waals surface area contributed by atoms with Crippen LogP contribution in [0.25, 0.3) is 0 Å². The van der Waals surface area contributed by atoms with Gasteiger partial charge in [0, 0.05) is 0 Å². The van der Waals surface area contributed by atoms with Gasteiger partial charge >= 0.3 is 0 Å². The molecule has 0 atom stereocenters. The molecule has 0 unspecified atom stereocenters. The Kier molecular flexibility index (Phi) is 3.10. The second-order valence-electron chi connectivity index (χ2n) is 3.14. The molecule has 86 valence electrons. The smallest absolute Gasteiger partial charge is 0.296 e. The van der Waals surface area contributed by atoms with E-state index in [0.29, 0.717) is 5.69 Å². The number of azo groups is 1. The fourth-order valence-electron chi connectivity index (χ4n) is 1.14. The lowest BCUT2D eigenvalue weighted by molar-refractivity contribution is 0.464. The molecular weight excluding hydrogens is 240 g/mol. The number of benzene rings is 1. The van der Waals surface area contributed by atoms with Gasteiger partial charge in [-0.15, -0.1) is 10.2 Å². The van der Waals surface area contributed by atoms with E-state index in [1.165, 1.54) is 0 Å². The van der Waals surface area contributed by atoms with Gasteiger partial charge in [0.05, 0.1) is 5.69 Å². The van der Waals surface area contributed by atoms with Crippen LogP contribution in [-0.2, 0) is 0 Å². The monoisotopic (exact) mass is 248 g/mol. The van der Waals surface area contributed by atoms with E-state index in [0.717, 1.165) is 0 Å². The summed E-state index contributed by atoms with van der Waals surface area (Å²) in [6.45, 7) is 0. The summed E-state index contributed by atoms with van der Waals surface area (Å²) in [5, 5.41) is 17.0. The highest BCUT2D eigenvalue weighted by Crippen LogP contribution is 2.20. The van der Waals surface area contributed by atoms with Gasteiger partial charge in [0.2, 0.25) is 11.6 Å². The molecule has 0 amide bonds. The van der Waals surface area contributed by atoms with Crippen LogP contribution in [0.5, 0.6) is 5.75 Å². The SMILES string of the molecule is O=c1[nH]c(=S)[nH]c(N=Nc2ccccc2)c1O. The maximum absolute atomic E-state index is 11.2. The van der Waals surface area contributed by atoms with Gasteiger partial charge in [0.1, 0.15) is 0 Å². The molecule has 2 rings (SSSR count). The highest BCUT2D eigenvalue weighted by atomic mass is 32.1. The Morgan fingerprint density at radius 2 is 1.82 bits per heavy atom. The molecule has 0 aliphatic rings. The second-order valence-corrected chi connectivity index (χ2v) is 3.55. The van der Waals surface area contributed by atoms with Gasteiger partial charge in [0.15, 0.2) is 4.77 Å². The summed E-state index contributed by atoms with van der Waals surface area (Å²) < 4.78 is 0.0785. The van der Waals surface area contributed by atoms with Crippen LogP contribution in [0.3, 0.4) is 0 Å². The Morgan fingerprint density at radius 3 is 2.53 bits per heavy atom. The van der Waals surface area contributed by atoms with Crippen LogP contribution >= 0.6 is 12.2 Å². The minimum atomic E-state index is -0.698. The van der Waals surface area contributed by atoms with Gasteiger partial charge in [-0.25, -0.2) is 0 Å². The molecule has 2 aromatic rings. The largest absolute Gasteiger partial charge is 0.500 e. The van der Waals surface area contributed by atoms with E-state index < -0.39 is 11.3 Å². The zero-order valence-corrected chi connectivity index (χ0v) is 9.36. The van der Waals surface area contributed by atoms with Crippen molar-refractivity contribution in [3.63, 3.8) is 0 Å². The highest BCUT2D eigenvalue weighted by molar-refractivity contribution is 7.71. The average Bonchev–Trinajstić information content (AvgIpc) is 2.33. The van der Waals surface area contributed by atoms with Crippen LogP contribution in [-0.4, -0.2) is 15.1 Å². The van der Waals surface area contributed by atoms with E-state index in [9.17, 15) is 9.90 Å². The number of aromatic nitrogens is 2. The number of hydrogen-bond acceptors (Lipinski definition) is 5. The second kappa shape index (κ2) is 4.71. The summed E-state index contributed by atoms with van der Waals surface area (Å²) in [6, 6.07) is 8.92. The van der Waals surface area contributed by atoms with Crippen molar-refractivity contribution in [3.8, 4) is 5.75 Å². The Bertz CT molecular complexity index is 660. The predicted octanol–water partition coefficient (Wildman–Crippen LogP) is 2.55. The topological polar surface area (TPSA) is 93.6 Å². The zero-order chi connectivity index (χ0) is 12.3. The lowest BCUT2D eigenvalue weighted by Gasteiger charge is -1.96. The predicted molar refractivity (Wildman–Crippen MR) is 64.5 cm³/mol. The molecule has 0 bridgehead atoms. The van der Waals surface area contributed by atoms with Gasteiger partial charge in [-0.05, 0) is 24.4 Å². The van der Waals surface area contributed by atoms with E-state index in [1.807, 2.05) is 6.07 Å². The van der Waals surface area contributed by atoms with Crippen molar-refractivity contribution in [3.05, 3.63) is 45.5 Å². The van der Waals surface area contributed by atoms with Crippen LogP contribution < -0.4 is 5.56 Å². The van der Waals surface area contributed by atoms with Crippen LogP contribution in [0, 0.1) is 4.77 Å². The van der Waals surface area contributed by atoms with Gasteiger partial charge in [-0.3, -0.25) is 9.78 Å². The molecule has 1 aromatic carbocycles. The summed E-state index contributed by atoms with van der Waals surface area (Å²) >= 11 is 4.75. The molecule has 0 fully saturated rings. The highest BCUT2D eigenvalue weighted by Gasteiger charge is 2.04. The zero-order valence-electron chi connectivity index (χ0n) is 8.54. The van der Waals surface area contributed by atoms with Crippen molar-refractivity contribution in [2.24, 2.45) is 10.2 Å². The molecule has 0 spiro atoms. The normalized spacial score (nSPS) is 10.8. The Morgan fingerprint density at radius 1 is 1.12 bits per heavy atom. The van der Waals surface area contributed by atoms with E-state index in [-0.39, 0.29) is 10.6 Å². The minimum Gasteiger partial charge on any atom is -0.500 e. The number of aromatic amines is 2. The fourth-order valence-corrected chi connectivity index (χ4v) is 1.33. The van der Waals surface area contributed by atoms with Crippen molar-refractivity contribution >= 4 is 23.7 Å². The molecule has 6 nitrogen and oxygen atoms in total. The molecule has 0 aliphatic carbocycles. The minimum absolute atomic E-state index is 0.0670. The Labute approximate surface area is 101 Å². The molecule has 0 radical (unpaired) electrons. The van der Waals surface area contributed by atoms with E-state index in [1.54, 1.807) is 24.3 Å². The van der Waals surface area contributed by atoms with Crippen LogP contribution in [0.4, 0.5) is 11.5 Å².